The Morgan fingerprint density at radius 3 is 2.26 bits per heavy atom. The van der Waals surface area contributed by atoms with Crippen LogP contribution in [0.1, 0.15) is 66.2 Å². The highest BCUT2D eigenvalue weighted by Gasteiger charge is 2.15. The molecule has 0 aromatic carbocycles. The number of hydrogen-bond donors (Lipinski definition) is 1. The van der Waals surface area contributed by atoms with Crippen molar-refractivity contribution in [3.8, 4) is 0 Å². The van der Waals surface area contributed by atoms with Crippen molar-refractivity contribution in [2.24, 2.45) is 0 Å². The maximum atomic E-state index is 11.3. The SMILES string of the molecule is CCCCCCCCOCCNC(=O)OC(C)(C)C. The zero-order valence-electron chi connectivity index (χ0n) is 13.1. The minimum Gasteiger partial charge on any atom is -0.444 e. The molecule has 0 saturated heterocycles. The fraction of sp³-hybridized carbons (Fsp3) is 0.933. The summed E-state index contributed by atoms with van der Waals surface area (Å²) in [6.45, 7) is 9.60. The number of rotatable bonds is 10. The molecule has 0 aliphatic carbocycles. The van der Waals surface area contributed by atoms with Crippen molar-refractivity contribution in [1.29, 1.82) is 0 Å². The quantitative estimate of drug-likeness (QED) is 0.614. The minimum atomic E-state index is -0.441. The van der Waals surface area contributed by atoms with E-state index in [1.165, 1.54) is 32.1 Å². The molecule has 4 heteroatoms. The van der Waals surface area contributed by atoms with Crippen molar-refractivity contribution < 1.29 is 14.3 Å². The third-order valence-electron chi connectivity index (χ3n) is 2.56. The van der Waals surface area contributed by atoms with Gasteiger partial charge in [0.25, 0.3) is 0 Å². The number of nitrogens with one attached hydrogen (secondary N) is 1. The summed E-state index contributed by atoms with van der Waals surface area (Å²) in [5.74, 6) is 0. The first kappa shape index (κ1) is 18.2. The average Bonchev–Trinajstić information content (AvgIpc) is 2.29. The van der Waals surface area contributed by atoms with Crippen LogP contribution in [0.4, 0.5) is 4.79 Å². The highest BCUT2D eigenvalue weighted by Crippen LogP contribution is 2.06. The third kappa shape index (κ3) is 15.2. The number of carbonyl (C=O) groups is 1. The van der Waals surface area contributed by atoms with Crippen molar-refractivity contribution >= 4 is 6.09 Å². The molecule has 1 N–H and O–H groups in total. The number of alkyl carbamates (subject to hydrolysis) is 1. The van der Waals surface area contributed by atoms with E-state index in [0.29, 0.717) is 13.2 Å². The van der Waals surface area contributed by atoms with E-state index in [9.17, 15) is 4.79 Å². The molecule has 19 heavy (non-hydrogen) atoms. The van der Waals surface area contributed by atoms with Gasteiger partial charge in [-0.2, -0.15) is 0 Å². The lowest BCUT2D eigenvalue weighted by Crippen LogP contribution is -2.34. The Kier molecular flexibility index (Phi) is 10.6. The van der Waals surface area contributed by atoms with Crippen LogP contribution >= 0.6 is 0 Å². The van der Waals surface area contributed by atoms with Crippen molar-refractivity contribution in [3.63, 3.8) is 0 Å². The number of ether oxygens (including phenoxy) is 2. The molecule has 0 spiro atoms. The molecule has 114 valence electrons. The van der Waals surface area contributed by atoms with Gasteiger partial charge in [-0.1, -0.05) is 39.0 Å². The monoisotopic (exact) mass is 273 g/mol. The molecule has 0 heterocycles. The molecular weight excluding hydrogens is 242 g/mol. The van der Waals surface area contributed by atoms with E-state index in [1.807, 2.05) is 20.8 Å². The Morgan fingerprint density at radius 2 is 1.63 bits per heavy atom. The topological polar surface area (TPSA) is 47.6 Å². The molecule has 1 amide bonds. The predicted octanol–water partition coefficient (Wildman–Crippen LogP) is 3.89. The van der Waals surface area contributed by atoms with E-state index < -0.39 is 5.60 Å². The van der Waals surface area contributed by atoms with Crippen molar-refractivity contribution in [2.45, 2.75) is 71.8 Å². The first-order valence-corrected chi connectivity index (χ1v) is 7.50. The minimum absolute atomic E-state index is 0.379. The van der Waals surface area contributed by atoms with Gasteiger partial charge in [-0.15, -0.1) is 0 Å². The van der Waals surface area contributed by atoms with E-state index >= 15 is 0 Å². The van der Waals surface area contributed by atoms with E-state index in [4.69, 9.17) is 9.47 Å². The van der Waals surface area contributed by atoms with Gasteiger partial charge in [0, 0.05) is 13.2 Å². The Morgan fingerprint density at radius 1 is 1.00 bits per heavy atom. The van der Waals surface area contributed by atoms with Crippen LogP contribution in [0.3, 0.4) is 0 Å². The van der Waals surface area contributed by atoms with E-state index in [1.54, 1.807) is 0 Å². The first-order chi connectivity index (χ1) is 8.95. The molecular formula is C15H31NO3. The molecule has 0 aliphatic rings. The van der Waals surface area contributed by atoms with Crippen molar-refractivity contribution in [3.05, 3.63) is 0 Å². The van der Waals surface area contributed by atoms with Gasteiger partial charge in [0.2, 0.25) is 0 Å². The van der Waals surface area contributed by atoms with Crippen LogP contribution in [-0.2, 0) is 9.47 Å². The van der Waals surface area contributed by atoms with Crippen LogP contribution in [0.2, 0.25) is 0 Å². The lowest BCUT2D eigenvalue weighted by atomic mass is 10.1. The lowest BCUT2D eigenvalue weighted by molar-refractivity contribution is 0.0498. The molecule has 0 bridgehead atoms. The molecule has 0 aliphatic heterocycles. The third-order valence-corrected chi connectivity index (χ3v) is 2.56. The summed E-state index contributed by atoms with van der Waals surface area (Å²) in [4.78, 5) is 11.3. The molecule has 0 saturated carbocycles. The molecule has 0 atom stereocenters. The largest absolute Gasteiger partial charge is 0.444 e. The van der Waals surface area contributed by atoms with Gasteiger partial charge in [0.05, 0.1) is 6.61 Å². The smallest absolute Gasteiger partial charge is 0.407 e. The fourth-order valence-corrected chi connectivity index (χ4v) is 1.63. The molecule has 0 aromatic heterocycles. The summed E-state index contributed by atoms with van der Waals surface area (Å²) >= 11 is 0. The maximum Gasteiger partial charge on any atom is 0.407 e. The lowest BCUT2D eigenvalue weighted by Gasteiger charge is -2.19. The Bertz CT molecular complexity index is 224. The van der Waals surface area contributed by atoms with E-state index in [0.717, 1.165) is 13.0 Å². The predicted molar refractivity (Wildman–Crippen MR) is 78.4 cm³/mol. The highest BCUT2D eigenvalue weighted by molar-refractivity contribution is 5.67. The molecule has 4 nitrogen and oxygen atoms in total. The summed E-state index contributed by atoms with van der Waals surface area (Å²) in [5, 5.41) is 2.67. The van der Waals surface area contributed by atoms with Crippen LogP contribution in [0, 0.1) is 0 Å². The Balaban J connectivity index is 3.21. The molecule has 0 aromatic rings. The van der Waals surface area contributed by atoms with Gasteiger partial charge < -0.3 is 14.8 Å². The number of carbonyl (C=O) groups excluding carboxylic acids is 1. The summed E-state index contributed by atoms with van der Waals surface area (Å²) in [7, 11) is 0. The molecule has 0 unspecified atom stereocenters. The summed E-state index contributed by atoms with van der Waals surface area (Å²) < 4.78 is 10.6. The highest BCUT2D eigenvalue weighted by atomic mass is 16.6. The van der Waals surface area contributed by atoms with Crippen molar-refractivity contribution in [2.75, 3.05) is 19.8 Å². The van der Waals surface area contributed by atoms with Crippen LogP contribution in [-0.4, -0.2) is 31.5 Å². The summed E-state index contributed by atoms with van der Waals surface area (Å²) in [6.07, 6.45) is 7.21. The molecule has 0 fully saturated rings. The van der Waals surface area contributed by atoms with Crippen LogP contribution < -0.4 is 5.32 Å². The van der Waals surface area contributed by atoms with Gasteiger partial charge >= 0.3 is 6.09 Å². The summed E-state index contributed by atoms with van der Waals surface area (Å²) in [6, 6.07) is 0. The maximum absolute atomic E-state index is 11.3. The van der Waals surface area contributed by atoms with Gasteiger partial charge in [0.15, 0.2) is 0 Å². The second-order valence-corrected chi connectivity index (χ2v) is 5.81. The first-order valence-electron chi connectivity index (χ1n) is 7.50. The van der Waals surface area contributed by atoms with Crippen LogP contribution in [0.25, 0.3) is 0 Å². The van der Waals surface area contributed by atoms with Gasteiger partial charge in [0.1, 0.15) is 5.60 Å². The zero-order chi connectivity index (χ0) is 14.6. The van der Waals surface area contributed by atoms with E-state index in [2.05, 4.69) is 12.2 Å². The molecule has 0 radical (unpaired) electrons. The normalized spacial score (nSPS) is 11.4. The average molecular weight is 273 g/mol. The van der Waals surface area contributed by atoms with Crippen LogP contribution in [0.15, 0.2) is 0 Å². The van der Waals surface area contributed by atoms with Gasteiger partial charge in [-0.3, -0.25) is 0 Å². The standard InChI is InChI=1S/C15H31NO3/c1-5-6-7-8-9-10-12-18-13-11-16-14(17)19-15(2,3)4/h5-13H2,1-4H3,(H,16,17). The van der Waals surface area contributed by atoms with Crippen molar-refractivity contribution in [1.82, 2.24) is 5.32 Å². The summed E-state index contributed by atoms with van der Waals surface area (Å²) in [5.41, 5.74) is -0.441. The zero-order valence-corrected chi connectivity index (χ0v) is 13.1. The van der Waals surface area contributed by atoms with Crippen LogP contribution in [0.5, 0.6) is 0 Å². The Hall–Kier alpha value is -0.770. The number of amides is 1. The van der Waals surface area contributed by atoms with E-state index in [-0.39, 0.29) is 6.09 Å². The Labute approximate surface area is 118 Å². The number of unbranched alkanes of at least 4 members (excludes halogenated alkanes) is 5. The second-order valence-electron chi connectivity index (χ2n) is 5.81. The second kappa shape index (κ2) is 11.1. The number of hydrogen-bond acceptors (Lipinski definition) is 3. The van der Waals surface area contributed by atoms with Gasteiger partial charge in [-0.05, 0) is 27.2 Å². The van der Waals surface area contributed by atoms with Gasteiger partial charge in [-0.25, -0.2) is 4.79 Å². The fourth-order valence-electron chi connectivity index (χ4n) is 1.63. The molecule has 0 rings (SSSR count).